The minimum absolute atomic E-state index is 0.497. The highest BCUT2D eigenvalue weighted by atomic mass is 16.5. The number of nitrogens with zero attached hydrogens (tertiary/aromatic N) is 1. The first-order valence-electron chi connectivity index (χ1n) is 4.96. The SMILES string of the molecule is CC1CCc2cnoc2C1CCN. The molecule has 1 aromatic heterocycles. The molecular weight excluding hydrogens is 164 g/mol. The van der Waals surface area contributed by atoms with Gasteiger partial charge in [-0.2, -0.15) is 0 Å². The van der Waals surface area contributed by atoms with Gasteiger partial charge >= 0.3 is 0 Å². The summed E-state index contributed by atoms with van der Waals surface area (Å²) < 4.78 is 5.29. The predicted octanol–water partition coefficient (Wildman–Crippen LogP) is 1.69. The zero-order chi connectivity index (χ0) is 9.26. The molecule has 3 heteroatoms. The summed E-state index contributed by atoms with van der Waals surface area (Å²) in [6.45, 7) is 3.00. The van der Waals surface area contributed by atoms with E-state index in [0.29, 0.717) is 11.8 Å². The van der Waals surface area contributed by atoms with Crippen LogP contribution in [0.3, 0.4) is 0 Å². The number of hydrogen-bond donors (Lipinski definition) is 1. The van der Waals surface area contributed by atoms with E-state index in [4.69, 9.17) is 10.3 Å². The minimum Gasteiger partial charge on any atom is -0.361 e. The van der Waals surface area contributed by atoms with Crippen molar-refractivity contribution in [1.29, 1.82) is 0 Å². The number of nitrogens with two attached hydrogens (primary N) is 1. The summed E-state index contributed by atoms with van der Waals surface area (Å²) in [7, 11) is 0. The molecule has 0 spiro atoms. The van der Waals surface area contributed by atoms with Crippen LogP contribution < -0.4 is 5.73 Å². The maximum atomic E-state index is 5.59. The molecule has 13 heavy (non-hydrogen) atoms. The number of aryl methyl sites for hydroxylation is 1. The average molecular weight is 180 g/mol. The fraction of sp³-hybridized carbons (Fsp3) is 0.700. The van der Waals surface area contributed by atoms with Gasteiger partial charge in [0.2, 0.25) is 0 Å². The lowest BCUT2D eigenvalue weighted by molar-refractivity contribution is 0.288. The molecule has 0 aliphatic heterocycles. The summed E-state index contributed by atoms with van der Waals surface area (Å²) in [5, 5.41) is 3.85. The summed E-state index contributed by atoms with van der Waals surface area (Å²) in [6.07, 6.45) is 5.22. The van der Waals surface area contributed by atoms with Crippen molar-refractivity contribution in [3.63, 3.8) is 0 Å². The fourth-order valence-corrected chi connectivity index (χ4v) is 2.20. The van der Waals surface area contributed by atoms with Gasteiger partial charge in [0.25, 0.3) is 0 Å². The Hall–Kier alpha value is -0.830. The van der Waals surface area contributed by atoms with Crippen molar-refractivity contribution >= 4 is 0 Å². The predicted molar refractivity (Wildman–Crippen MR) is 50.4 cm³/mol. The van der Waals surface area contributed by atoms with Gasteiger partial charge in [-0.15, -0.1) is 0 Å². The van der Waals surface area contributed by atoms with Crippen molar-refractivity contribution in [2.24, 2.45) is 11.7 Å². The lowest BCUT2D eigenvalue weighted by Gasteiger charge is -2.26. The summed E-state index contributed by atoms with van der Waals surface area (Å²) in [5.74, 6) is 2.27. The molecule has 2 N–H and O–H groups in total. The van der Waals surface area contributed by atoms with Gasteiger partial charge in [0.05, 0.1) is 6.20 Å². The Bertz CT molecular complexity index is 282. The number of hydrogen-bond acceptors (Lipinski definition) is 3. The molecule has 0 bridgehead atoms. The van der Waals surface area contributed by atoms with Crippen LogP contribution in [0, 0.1) is 5.92 Å². The van der Waals surface area contributed by atoms with Crippen LogP contribution in [0.4, 0.5) is 0 Å². The monoisotopic (exact) mass is 180 g/mol. The normalized spacial score (nSPS) is 27.2. The third-order valence-corrected chi connectivity index (χ3v) is 3.05. The Labute approximate surface area is 78.3 Å². The van der Waals surface area contributed by atoms with Crippen molar-refractivity contribution in [2.75, 3.05) is 6.54 Å². The molecular formula is C10H16N2O. The molecule has 1 aliphatic carbocycles. The molecule has 0 amide bonds. The third kappa shape index (κ3) is 1.48. The fourth-order valence-electron chi connectivity index (χ4n) is 2.20. The van der Waals surface area contributed by atoms with Gasteiger partial charge in [-0.05, 0) is 31.7 Å². The highest BCUT2D eigenvalue weighted by molar-refractivity contribution is 5.21. The number of fused-ring (bicyclic) bond motifs is 1. The second-order valence-electron chi connectivity index (χ2n) is 3.92. The molecule has 0 saturated heterocycles. The molecule has 72 valence electrons. The van der Waals surface area contributed by atoms with E-state index in [1.165, 1.54) is 12.0 Å². The van der Waals surface area contributed by atoms with E-state index in [-0.39, 0.29) is 0 Å². The van der Waals surface area contributed by atoms with Gasteiger partial charge in [-0.25, -0.2) is 0 Å². The first-order chi connectivity index (χ1) is 6.33. The zero-order valence-corrected chi connectivity index (χ0v) is 7.99. The van der Waals surface area contributed by atoms with Crippen LogP contribution in [0.25, 0.3) is 0 Å². The average Bonchev–Trinajstić information content (AvgIpc) is 2.58. The van der Waals surface area contributed by atoms with Gasteiger partial charge in [0.15, 0.2) is 0 Å². The molecule has 1 aliphatic rings. The summed E-state index contributed by atoms with van der Waals surface area (Å²) in [4.78, 5) is 0. The standard InChI is InChI=1S/C10H16N2O/c1-7-2-3-8-6-12-13-10(8)9(7)4-5-11/h6-7,9H,2-5,11H2,1H3. The van der Waals surface area contributed by atoms with Crippen molar-refractivity contribution in [3.05, 3.63) is 17.5 Å². The highest BCUT2D eigenvalue weighted by Gasteiger charge is 2.29. The quantitative estimate of drug-likeness (QED) is 0.753. The van der Waals surface area contributed by atoms with E-state index in [2.05, 4.69) is 12.1 Å². The first kappa shape index (κ1) is 8.75. The van der Waals surface area contributed by atoms with E-state index >= 15 is 0 Å². The van der Waals surface area contributed by atoms with Gasteiger partial charge in [0.1, 0.15) is 5.76 Å². The third-order valence-electron chi connectivity index (χ3n) is 3.05. The second-order valence-corrected chi connectivity index (χ2v) is 3.92. The van der Waals surface area contributed by atoms with E-state index in [1.54, 1.807) is 0 Å². The molecule has 1 aromatic rings. The lowest BCUT2D eigenvalue weighted by atomic mass is 9.78. The van der Waals surface area contributed by atoms with E-state index in [1.807, 2.05) is 6.20 Å². The maximum Gasteiger partial charge on any atom is 0.143 e. The number of rotatable bonds is 2. The molecule has 3 nitrogen and oxygen atoms in total. The largest absolute Gasteiger partial charge is 0.361 e. The van der Waals surface area contributed by atoms with Crippen LogP contribution in [0.5, 0.6) is 0 Å². The van der Waals surface area contributed by atoms with Gasteiger partial charge < -0.3 is 10.3 Å². The van der Waals surface area contributed by atoms with Gasteiger partial charge in [0, 0.05) is 11.5 Å². The molecule has 0 radical (unpaired) electrons. The molecule has 1 heterocycles. The van der Waals surface area contributed by atoms with Gasteiger partial charge in [-0.3, -0.25) is 0 Å². The highest BCUT2D eigenvalue weighted by Crippen LogP contribution is 2.37. The van der Waals surface area contributed by atoms with Crippen molar-refractivity contribution in [2.45, 2.75) is 32.1 Å². The van der Waals surface area contributed by atoms with Crippen LogP contribution in [-0.2, 0) is 6.42 Å². The van der Waals surface area contributed by atoms with Crippen LogP contribution >= 0.6 is 0 Å². The van der Waals surface area contributed by atoms with Crippen molar-refractivity contribution < 1.29 is 4.52 Å². The van der Waals surface area contributed by atoms with Gasteiger partial charge in [-0.1, -0.05) is 12.1 Å². The number of aromatic nitrogens is 1. The van der Waals surface area contributed by atoms with Crippen LogP contribution in [0.1, 0.15) is 37.0 Å². The summed E-state index contributed by atoms with van der Waals surface area (Å²) in [5.41, 5.74) is 6.87. The Morgan fingerprint density at radius 2 is 2.54 bits per heavy atom. The van der Waals surface area contributed by atoms with E-state index < -0.39 is 0 Å². The topological polar surface area (TPSA) is 52.0 Å². The Balaban J connectivity index is 2.25. The van der Waals surface area contributed by atoms with Crippen LogP contribution in [0.15, 0.2) is 10.7 Å². The second kappa shape index (κ2) is 3.50. The van der Waals surface area contributed by atoms with Crippen molar-refractivity contribution in [1.82, 2.24) is 5.16 Å². The molecule has 2 unspecified atom stereocenters. The Kier molecular flexibility index (Phi) is 2.36. The smallest absolute Gasteiger partial charge is 0.143 e. The summed E-state index contributed by atoms with van der Waals surface area (Å²) in [6, 6.07) is 0. The first-order valence-corrected chi connectivity index (χ1v) is 4.96. The maximum absolute atomic E-state index is 5.59. The van der Waals surface area contributed by atoms with E-state index in [9.17, 15) is 0 Å². The van der Waals surface area contributed by atoms with Crippen LogP contribution in [-0.4, -0.2) is 11.7 Å². The van der Waals surface area contributed by atoms with E-state index in [0.717, 1.165) is 25.1 Å². The Morgan fingerprint density at radius 3 is 3.31 bits per heavy atom. The molecule has 2 rings (SSSR count). The molecule has 0 aromatic carbocycles. The molecule has 0 fully saturated rings. The summed E-state index contributed by atoms with van der Waals surface area (Å²) >= 11 is 0. The van der Waals surface area contributed by atoms with Crippen molar-refractivity contribution in [3.8, 4) is 0 Å². The molecule has 2 atom stereocenters. The Morgan fingerprint density at radius 1 is 1.69 bits per heavy atom. The zero-order valence-electron chi connectivity index (χ0n) is 7.99. The molecule has 0 saturated carbocycles. The van der Waals surface area contributed by atoms with Crippen LogP contribution in [0.2, 0.25) is 0 Å². The minimum atomic E-state index is 0.497. The lowest BCUT2D eigenvalue weighted by Crippen LogP contribution is -2.19.